The van der Waals surface area contributed by atoms with Gasteiger partial charge in [0.2, 0.25) is 0 Å². The molecule has 1 aliphatic rings. The van der Waals surface area contributed by atoms with Gasteiger partial charge in [0.1, 0.15) is 0 Å². The highest BCUT2D eigenvalue weighted by Crippen LogP contribution is 2.21. The van der Waals surface area contributed by atoms with Crippen molar-refractivity contribution in [2.75, 3.05) is 13.1 Å². The molecule has 1 N–H and O–H groups in total. The minimum atomic E-state index is -4.90. The van der Waals surface area contributed by atoms with Gasteiger partial charge in [0.15, 0.2) is 0 Å². The standard InChI is InChI=1S/C9H10F3NO3/c10-9(11,12)8(16)13-4-1-2-6(3-5-13)7(14)15/h3H,1-2,4-5H2,(H,14,15). The van der Waals surface area contributed by atoms with E-state index < -0.39 is 18.1 Å². The van der Waals surface area contributed by atoms with Crippen LogP contribution < -0.4 is 0 Å². The molecular formula is C9H10F3NO3. The summed E-state index contributed by atoms with van der Waals surface area (Å²) in [6.45, 7) is -0.383. The summed E-state index contributed by atoms with van der Waals surface area (Å²) < 4.78 is 36.3. The largest absolute Gasteiger partial charge is 0.478 e. The Hall–Kier alpha value is -1.53. The molecule has 0 aromatic heterocycles. The van der Waals surface area contributed by atoms with E-state index in [-0.39, 0.29) is 31.5 Å². The summed E-state index contributed by atoms with van der Waals surface area (Å²) in [7, 11) is 0. The molecule has 0 bridgehead atoms. The maximum Gasteiger partial charge on any atom is 0.471 e. The van der Waals surface area contributed by atoms with E-state index in [9.17, 15) is 22.8 Å². The average molecular weight is 237 g/mol. The lowest BCUT2D eigenvalue weighted by atomic mass is 10.1. The van der Waals surface area contributed by atoms with E-state index in [1.54, 1.807) is 0 Å². The lowest BCUT2D eigenvalue weighted by molar-refractivity contribution is -0.184. The third kappa shape index (κ3) is 2.98. The van der Waals surface area contributed by atoms with E-state index in [1.165, 1.54) is 0 Å². The molecule has 1 aliphatic heterocycles. The molecule has 0 unspecified atom stereocenters. The monoisotopic (exact) mass is 237 g/mol. The zero-order valence-electron chi connectivity index (χ0n) is 8.25. The Balaban J connectivity index is 2.73. The first-order valence-corrected chi connectivity index (χ1v) is 4.61. The smallest absolute Gasteiger partial charge is 0.471 e. The Morgan fingerprint density at radius 3 is 2.50 bits per heavy atom. The molecule has 0 aliphatic carbocycles. The van der Waals surface area contributed by atoms with Crippen LogP contribution in [0.4, 0.5) is 13.2 Å². The van der Waals surface area contributed by atoms with Crippen LogP contribution in [0.5, 0.6) is 0 Å². The molecule has 0 saturated heterocycles. The number of aliphatic carboxylic acids is 1. The van der Waals surface area contributed by atoms with E-state index in [2.05, 4.69) is 0 Å². The first-order valence-electron chi connectivity index (χ1n) is 4.61. The molecule has 4 nitrogen and oxygen atoms in total. The summed E-state index contributed by atoms with van der Waals surface area (Å²) in [6, 6.07) is 0. The quantitative estimate of drug-likeness (QED) is 0.745. The van der Waals surface area contributed by atoms with Crippen LogP contribution in [0.15, 0.2) is 11.6 Å². The summed E-state index contributed by atoms with van der Waals surface area (Å²) in [5, 5.41) is 8.65. The predicted octanol–water partition coefficient (Wildman–Crippen LogP) is 1.18. The van der Waals surface area contributed by atoms with E-state index in [0.29, 0.717) is 4.90 Å². The Kier molecular flexibility index (Phi) is 3.56. The molecule has 1 rings (SSSR count). The number of hydrogen-bond acceptors (Lipinski definition) is 2. The van der Waals surface area contributed by atoms with E-state index in [4.69, 9.17) is 5.11 Å². The molecule has 1 amide bonds. The number of carboxylic acids is 1. The number of hydrogen-bond donors (Lipinski definition) is 1. The van der Waals surface area contributed by atoms with Crippen molar-refractivity contribution in [3.05, 3.63) is 11.6 Å². The zero-order chi connectivity index (χ0) is 12.3. The van der Waals surface area contributed by atoms with E-state index >= 15 is 0 Å². The summed E-state index contributed by atoms with van der Waals surface area (Å²) >= 11 is 0. The number of carbonyl (C=O) groups excluding carboxylic acids is 1. The van der Waals surface area contributed by atoms with E-state index in [1.807, 2.05) is 0 Å². The number of amides is 1. The van der Waals surface area contributed by atoms with Crippen LogP contribution in [-0.4, -0.2) is 41.1 Å². The van der Waals surface area contributed by atoms with Crippen molar-refractivity contribution in [3.8, 4) is 0 Å². The van der Waals surface area contributed by atoms with Crippen molar-refractivity contribution in [1.82, 2.24) is 4.90 Å². The van der Waals surface area contributed by atoms with Gasteiger partial charge in [-0.3, -0.25) is 4.79 Å². The summed E-state index contributed by atoms with van der Waals surface area (Å²) in [6.07, 6.45) is -3.35. The van der Waals surface area contributed by atoms with Crippen molar-refractivity contribution in [3.63, 3.8) is 0 Å². The van der Waals surface area contributed by atoms with Crippen molar-refractivity contribution in [2.45, 2.75) is 19.0 Å². The van der Waals surface area contributed by atoms with E-state index in [0.717, 1.165) is 6.08 Å². The summed E-state index contributed by atoms with van der Waals surface area (Å²) in [5.74, 6) is -3.07. The zero-order valence-corrected chi connectivity index (χ0v) is 8.25. The highest BCUT2D eigenvalue weighted by atomic mass is 19.4. The van der Waals surface area contributed by atoms with Gasteiger partial charge in [0.25, 0.3) is 0 Å². The molecule has 0 radical (unpaired) electrons. The van der Waals surface area contributed by atoms with Gasteiger partial charge in [-0.15, -0.1) is 0 Å². The van der Waals surface area contributed by atoms with Gasteiger partial charge in [-0.2, -0.15) is 13.2 Å². The van der Waals surface area contributed by atoms with Crippen LogP contribution >= 0.6 is 0 Å². The maximum absolute atomic E-state index is 12.1. The fourth-order valence-electron chi connectivity index (χ4n) is 1.43. The molecule has 7 heteroatoms. The molecule has 0 aromatic rings. The predicted molar refractivity (Wildman–Crippen MR) is 47.6 cm³/mol. The van der Waals surface area contributed by atoms with Crippen molar-refractivity contribution in [2.24, 2.45) is 0 Å². The van der Waals surface area contributed by atoms with Gasteiger partial charge in [-0.05, 0) is 12.8 Å². The lowest BCUT2D eigenvalue weighted by Gasteiger charge is -2.20. The summed E-state index contributed by atoms with van der Waals surface area (Å²) in [5.41, 5.74) is 0.0532. The molecule has 16 heavy (non-hydrogen) atoms. The molecular weight excluding hydrogens is 227 g/mol. The van der Waals surface area contributed by atoms with Crippen LogP contribution in [0.25, 0.3) is 0 Å². The van der Waals surface area contributed by atoms with Gasteiger partial charge in [-0.25, -0.2) is 4.79 Å². The van der Waals surface area contributed by atoms with Crippen LogP contribution in [0, 0.1) is 0 Å². The molecule has 0 aromatic carbocycles. The van der Waals surface area contributed by atoms with Crippen LogP contribution in [0.1, 0.15) is 12.8 Å². The minimum absolute atomic E-state index is 0.0532. The number of rotatable bonds is 1. The second-order valence-corrected chi connectivity index (χ2v) is 3.39. The van der Waals surface area contributed by atoms with Crippen molar-refractivity contribution < 1.29 is 27.9 Å². The molecule has 0 spiro atoms. The fraction of sp³-hybridized carbons (Fsp3) is 0.556. The first kappa shape index (κ1) is 12.5. The highest BCUT2D eigenvalue weighted by Gasteiger charge is 2.42. The number of halogens is 3. The molecule has 0 saturated carbocycles. The Morgan fingerprint density at radius 1 is 1.38 bits per heavy atom. The number of carbonyl (C=O) groups is 2. The van der Waals surface area contributed by atoms with Gasteiger partial charge < -0.3 is 10.0 Å². The molecule has 0 fully saturated rings. The first-order chi connectivity index (χ1) is 7.32. The van der Waals surface area contributed by atoms with Gasteiger partial charge in [0.05, 0.1) is 0 Å². The van der Waals surface area contributed by atoms with Gasteiger partial charge >= 0.3 is 18.1 Å². The molecule has 0 atom stereocenters. The lowest BCUT2D eigenvalue weighted by Crippen LogP contribution is -2.41. The van der Waals surface area contributed by atoms with Crippen LogP contribution in [-0.2, 0) is 9.59 Å². The van der Waals surface area contributed by atoms with Crippen molar-refractivity contribution in [1.29, 1.82) is 0 Å². The third-order valence-corrected chi connectivity index (χ3v) is 2.24. The minimum Gasteiger partial charge on any atom is -0.478 e. The van der Waals surface area contributed by atoms with Crippen molar-refractivity contribution >= 4 is 11.9 Å². The average Bonchev–Trinajstić information content (AvgIpc) is 2.39. The molecule has 1 heterocycles. The number of nitrogens with zero attached hydrogens (tertiary/aromatic N) is 1. The normalized spacial score (nSPS) is 17.7. The summed E-state index contributed by atoms with van der Waals surface area (Å²) in [4.78, 5) is 22.1. The second-order valence-electron chi connectivity index (χ2n) is 3.39. The van der Waals surface area contributed by atoms with Crippen LogP contribution in [0.2, 0.25) is 0 Å². The highest BCUT2D eigenvalue weighted by molar-refractivity contribution is 5.87. The number of carboxylic acid groups (broad SMARTS) is 1. The van der Waals surface area contributed by atoms with Gasteiger partial charge in [-0.1, -0.05) is 6.08 Å². The Bertz CT molecular complexity index is 335. The fourth-order valence-corrected chi connectivity index (χ4v) is 1.43. The maximum atomic E-state index is 12.1. The molecule has 90 valence electrons. The van der Waals surface area contributed by atoms with Gasteiger partial charge in [0, 0.05) is 18.7 Å². The van der Waals surface area contributed by atoms with Crippen LogP contribution in [0.3, 0.4) is 0 Å². The number of alkyl halides is 3. The Morgan fingerprint density at radius 2 is 2.00 bits per heavy atom. The second kappa shape index (κ2) is 4.54. The SMILES string of the molecule is O=C(O)C1=CCN(C(=O)C(F)(F)F)CCC1. The Labute approximate surface area is 89.3 Å². The third-order valence-electron chi connectivity index (χ3n) is 2.24. The topological polar surface area (TPSA) is 57.6 Å².